The lowest BCUT2D eigenvalue weighted by atomic mass is 9.85. The minimum atomic E-state index is -3.77. The van der Waals surface area contributed by atoms with Crippen molar-refractivity contribution < 1.29 is 12.9 Å². The highest BCUT2D eigenvalue weighted by Crippen LogP contribution is 2.30. The summed E-state index contributed by atoms with van der Waals surface area (Å²) in [7, 11) is -3.77. The van der Waals surface area contributed by atoms with Gasteiger partial charge in [0.15, 0.2) is 0 Å². The fourth-order valence-corrected chi connectivity index (χ4v) is 6.13. The lowest BCUT2D eigenvalue weighted by Gasteiger charge is -2.25. The molecule has 0 aliphatic heterocycles. The van der Waals surface area contributed by atoms with Crippen molar-refractivity contribution in [2.45, 2.75) is 76.8 Å². The van der Waals surface area contributed by atoms with Gasteiger partial charge in [0.1, 0.15) is 5.76 Å². The van der Waals surface area contributed by atoms with E-state index in [1.165, 1.54) is 38.5 Å². The maximum atomic E-state index is 13.3. The molecule has 1 heterocycles. The molecule has 6 nitrogen and oxygen atoms in total. The van der Waals surface area contributed by atoms with E-state index in [-0.39, 0.29) is 4.90 Å². The topological polar surface area (TPSA) is 84.2 Å². The third-order valence-electron chi connectivity index (χ3n) is 6.78. The largest absolute Gasteiger partial charge is 0.361 e. The number of sulfonamides is 1. The summed E-state index contributed by atoms with van der Waals surface area (Å²) in [6.07, 6.45) is 7.89. The normalized spacial score (nSPS) is 15.9. The highest BCUT2D eigenvalue weighted by molar-refractivity contribution is 7.92. The van der Waals surface area contributed by atoms with Crippen LogP contribution in [0.5, 0.6) is 0 Å². The van der Waals surface area contributed by atoms with Crippen molar-refractivity contribution in [2.75, 3.05) is 4.72 Å². The van der Waals surface area contributed by atoms with Gasteiger partial charge in [0.05, 0.1) is 16.3 Å². The van der Waals surface area contributed by atoms with E-state index in [2.05, 4.69) is 22.1 Å². The molecule has 0 spiro atoms. The SMILES string of the molecule is Cc1noc(C)c1-c1cccc(S(=O)(=O)Nc2ccccc2CNC(C)CC2CCCCC2)c1. The van der Waals surface area contributed by atoms with Gasteiger partial charge in [-0.25, -0.2) is 8.42 Å². The van der Waals surface area contributed by atoms with Crippen LogP contribution in [-0.2, 0) is 16.6 Å². The molecule has 1 aromatic heterocycles. The third kappa shape index (κ3) is 5.88. The van der Waals surface area contributed by atoms with E-state index >= 15 is 0 Å². The Hall–Kier alpha value is -2.64. The van der Waals surface area contributed by atoms with Gasteiger partial charge in [-0.15, -0.1) is 0 Å². The maximum absolute atomic E-state index is 13.3. The molecule has 34 heavy (non-hydrogen) atoms. The van der Waals surface area contributed by atoms with Crippen LogP contribution in [0.3, 0.4) is 0 Å². The van der Waals surface area contributed by atoms with Crippen molar-refractivity contribution in [3.05, 3.63) is 65.5 Å². The third-order valence-corrected chi connectivity index (χ3v) is 8.14. The van der Waals surface area contributed by atoms with Crippen molar-refractivity contribution in [1.29, 1.82) is 0 Å². The number of nitrogens with zero attached hydrogens (tertiary/aromatic N) is 1. The molecule has 0 amide bonds. The van der Waals surface area contributed by atoms with Crippen LogP contribution < -0.4 is 10.0 Å². The Morgan fingerprint density at radius 3 is 2.56 bits per heavy atom. The molecule has 1 aliphatic rings. The number of nitrogens with one attached hydrogen (secondary N) is 2. The number of para-hydroxylation sites is 1. The molecule has 1 aliphatic carbocycles. The van der Waals surface area contributed by atoms with Gasteiger partial charge in [0.2, 0.25) is 0 Å². The van der Waals surface area contributed by atoms with Crippen LogP contribution in [-0.4, -0.2) is 19.6 Å². The first-order valence-electron chi connectivity index (χ1n) is 12.2. The lowest BCUT2D eigenvalue weighted by molar-refractivity contribution is 0.305. The first kappa shape index (κ1) is 24.5. The van der Waals surface area contributed by atoms with E-state index in [0.29, 0.717) is 24.0 Å². The zero-order chi connectivity index (χ0) is 24.1. The van der Waals surface area contributed by atoms with Gasteiger partial charge < -0.3 is 9.84 Å². The summed E-state index contributed by atoms with van der Waals surface area (Å²) in [6.45, 7) is 6.52. The zero-order valence-electron chi connectivity index (χ0n) is 20.3. The molecule has 4 rings (SSSR count). The Balaban J connectivity index is 1.47. The molecule has 1 unspecified atom stereocenters. The summed E-state index contributed by atoms with van der Waals surface area (Å²) < 4.78 is 34.6. The zero-order valence-corrected chi connectivity index (χ0v) is 21.1. The van der Waals surface area contributed by atoms with Crippen molar-refractivity contribution in [3.63, 3.8) is 0 Å². The fraction of sp³-hybridized carbons (Fsp3) is 0.444. The summed E-state index contributed by atoms with van der Waals surface area (Å²) in [6, 6.07) is 14.9. The van der Waals surface area contributed by atoms with Crippen molar-refractivity contribution in [2.24, 2.45) is 5.92 Å². The lowest BCUT2D eigenvalue weighted by Crippen LogP contribution is -2.29. The van der Waals surface area contributed by atoms with Crippen LogP contribution in [0.15, 0.2) is 57.9 Å². The molecule has 0 bridgehead atoms. The van der Waals surface area contributed by atoms with Crippen LogP contribution in [0.1, 0.15) is 62.5 Å². The molecule has 1 saturated carbocycles. The number of anilines is 1. The summed E-state index contributed by atoms with van der Waals surface area (Å²) in [4.78, 5) is 0.207. The van der Waals surface area contributed by atoms with E-state index in [0.717, 1.165) is 28.3 Å². The molecule has 2 aromatic carbocycles. The molecule has 182 valence electrons. The maximum Gasteiger partial charge on any atom is 0.261 e. The van der Waals surface area contributed by atoms with Crippen LogP contribution >= 0.6 is 0 Å². The van der Waals surface area contributed by atoms with Crippen molar-refractivity contribution in [3.8, 4) is 11.1 Å². The minimum absolute atomic E-state index is 0.207. The minimum Gasteiger partial charge on any atom is -0.361 e. The van der Waals surface area contributed by atoms with Crippen LogP contribution in [0.2, 0.25) is 0 Å². The quantitative estimate of drug-likeness (QED) is 0.380. The van der Waals surface area contributed by atoms with Gasteiger partial charge in [0, 0.05) is 18.2 Å². The highest BCUT2D eigenvalue weighted by atomic mass is 32.2. The molecule has 7 heteroatoms. The molecule has 1 atom stereocenters. The van der Waals surface area contributed by atoms with E-state index in [1.54, 1.807) is 18.2 Å². The fourth-order valence-electron chi connectivity index (χ4n) is 4.98. The van der Waals surface area contributed by atoms with Gasteiger partial charge in [-0.3, -0.25) is 4.72 Å². The first-order chi connectivity index (χ1) is 16.3. The average Bonchev–Trinajstić information content (AvgIpc) is 3.17. The van der Waals surface area contributed by atoms with Crippen LogP contribution in [0, 0.1) is 19.8 Å². The Morgan fingerprint density at radius 2 is 1.82 bits per heavy atom. The highest BCUT2D eigenvalue weighted by Gasteiger charge is 2.20. The van der Waals surface area contributed by atoms with E-state index in [4.69, 9.17) is 4.52 Å². The second-order valence-electron chi connectivity index (χ2n) is 9.51. The predicted octanol–water partition coefficient (Wildman–Crippen LogP) is 6.21. The number of hydrogen-bond donors (Lipinski definition) is 2. The first-order valence-corrected chi connectivity index (χ1v) is 13.7. The molecule has 1 fully saturated rings. The second-order valence-corrected chi connectivity index (χ2v) is 11.2. The molecule has 0 radical (unpaired) electrons. The van der Waals surface area contributed by atoms with Crippen LogP contribution in [0.25, 0.3) is 11.1 Å². The van der Waals surface area contributed by atoms with Crippen LogP contribution in [0.4, 0.5) is 5.69 Å². The Morgan fingerprint density at radius 1 is 1.06 bits per heavy atom. The van der Waals surface area contributed by atoms with Gasteiger partial charge in [-0.05, 0) is 62.4 Å². The average molecular weight is 482 g/mol. The molecule has 0 saturated heterocycles. The summed E-state index contributed by atoms with van der Waals surface area (Å²) in [5.41, 5.74) is 3.86. The molecular formula is C27H35N3O3S. The van der Waals surface area contributed by atoms with Crippen molar-refractivity contribution in [1.82, 2.24) is 10.5 Å². The van der Waals surface area contributed by atoms with Gasteiger partial charge in [-0.2, -0.15) is 0 Å². The molecule has 3 aromatic rings. The Labute approximate surface area is 203 Å². The summed E-state index contributed by atoms with van der Waals surface area (Å²) in [5.74, 6) is 1.47. The second kappa shape index (κ2) is 10.7. The number of aromatic nitrogens is 1. The Bertz CT molecular complexity index is 1190. The van der Waals surface area contributed by atoms with E-state index in [1.807, 2.05) is 44.2 Å². The van der Waals surface area contributed by atoms with E-state index < -0.39 is 10.0 Å². The predicted molar refractivity (Wildman–Crippen MR) is 136 cm³/mol. The number of benzene rings is 2. The van der Waals surface area contributed by atoms with Gasteiger partial charge in [0.25, 0.3) is 10.0 Å². The summed E-state index contributed by atoms with van der Waals surface area (Å²) in [5, 5.41) is 7.59. The number of hydrogen-bond acceptors (Lipinski definition) is 5. The monoisotopic (exact) mass is 481 g/mol. The van der Waals surface area contributed by atoms with Gasteiger partial charge in [-0.1, -0.05) is 67.6 Å². The van der Waals surface area contributed by atoms with E-state index in [9.17, 15) is 8.42 Å². The van der Waals surface area contributed by atoms with Gasteiger partial charge >= 0.3 is 0 Å². The molecule has 2 N–H and O–H groups in total. The smallest absolute Gasteiger partial charge is 0.261 e. The number of aryl methyl sites for hydroxylation is 2. The summed E-state index contributed by atoms with van der Waals surface area (Å²) >= 11 is 0. The standard InChI is InChI=1S/C27H35N3O3S/c1-19(16-22-10-5-4-6-11-22)28-18-24-12-7-8-15-26(24)30-34(31,32)25-14-9-13-23(17-25)27-20(2)29-33-21(27)3/h7-9,12-15,17,19,22,28,30H,4-6,10-11,16,18H2,1-3H3. The Kier molecular flexibility index (Phi) is 7.73. The number of rotatable bonds is 9. The van der Waals surface area contributed by atoms with Crippen molar-refractivity contribution >= 4 is 15.7 Å². The molecular weight excluding hydrogens is 446 g/mol.